The lowest BCUT2D eigenvalue weighted by Gasteiger charge is -2.43. The fraction of sp³-hybridized carbons (Fsp3) is 0.400. The Balaban J connectivity index is 0.00000144. The van der Waals surface area contributed by atoms with Crippen LogP contribution in [0.25, 0.3) is 0 Å². The van der Waals surface area contributed by atoms with Crippen molar-refractivity contribution >= 4 is 24.8 Å². The molecule has 0 saturated carbocycles. The van der Waals surface area contributed by atoms with E-state index in [9.17, 15) is 0 Å². The molecule has 0 amide bonds. The summed E-state index contributed by atoms with van der Waals surface area (Å²) in [6.07, 6.45) is 0. The molecule has 1 saturated heterocycles. The molecule has 0 spiro atoms. The Hall–Kier alpha value is -1.06. The van der Waals surface area contributed by atoms with Crippen molar-refractivity contribution in [1.82, 2.24) is 9.80 Å². The Labute approximate surface area is 158 Å². The molecule has 0 N–H and O–H groups in total. The first-order chi connectivity index (χ1) is 10.7. The lowest BCUT2D eigenvalue weighted by atomic mass is 10.0. The van der Waals surface area contributed by atoms with Crippen molar-refractivity contribution in [2.24, 2.45) is 0 Å². The quantitative estimate of drug-likeness (QED) is 0.766. The van der Waals surface area contributed by atoms with Crippen LogP contribution in [0.4, 0.5) is 0 Å². The summed E-state index contributed by atoms with van der Waals surface area (Å²) < 4.78 is 0. The number of hydrogen-bond donors (Lipinski definition) is 0. The third-order valence-electron chi connectivity index (χ3n) is 4.67. The van der Waals surface area contributed by atoms with Crippen LogP contribution >= 0.6 is 24.8 Å². The van der Waals surface area contributed by atoms with E-state index in [4.69, 9.17) is 0 Å². The van der Waals surface area contributed by atoms with Crippen LogP contribution in [-0.2, 0) is 6.54 Å². The molecular formula is C20H28Cl2N2. The van der Waals surface area contributed by atoms with E-state index in [0.717, 1.165) is 26.2 Å². The Morgan fingerprint density at radius 1 is 0.875 bits per heavy atom. The molecule has 2 aromatic rings. The third-order valence-corrected chi connectivity index (χ3v) is 4.67. The van der Waals surface area contributed by atoms with Crippen LogP contribution in [0.2, 0.25) is 0 Å². The zero-order chi connectivity index (χ0) is 15.4. The Morgan fingerprint density at radius 2 is 1.46 bits per heavy atom. The van der Waals surface area contributed by atoms with Crippen LogP contribution in [0.1, 0.15) is 31.0 Å². The molecule has 0 bridgehead atoms. The molecule has 0 aliphatic carbocycles. The first-order valence-corrected chi connectivity index (χ1v) is 8.31. The monoisotopic (exact) mass is 366 g/mol. The standard InChI is InChI=1S/C20H26N2.2ClH/c1-17(2)21-13-14-22(15-18-9-5-3-6-10-18)20(16-21)19-11-7-4-8-12-19;;/h3-12,17,20H,13-16H2,1-2H3;2*1H. The van der Waals surface area contributed by atoms with Gasteiger partial charge in [-0.3, -0.25) is 9.80 Å². The summed E-state index contributed by atoms with van der Waals surface area (Å²) in [5, 5.41) is 0. The smallest absolute Gasteiger partial charge is 0.0479 e. The summed E-state index contributed by atoms with van der Waals surface area (Å²) in [6, 6.07) is 22.9. The maximum atomic E-state index is 2.63. The van der Waals surface area contributed by atoms with E-state index in [1.54, 1.807) is 0 Å². The summed E-state index contributed by atoms with van der Waals surface area (Å²) in [4.78, 5) is 5.22. The highest BCUT2D eigenvalue weighted by molar-refractivity contribution is 5.85. The molecule has 2 aromatic carbocycles. The molecule has 3 rings (SSSR count). The van der Waals surface area contributed by atoms with Gasteiger partial charge in [0.25, 0.3) is 0 Å². The number of nitrogens with zero attached hydrogens (tertiary/aromatic N) is 2. The molecule has 1 aliphatic rings. The van der Waals surface area contributed by atoms with Gasteiger partial charge in [0.05, 0.1) is 0 Å². The minimum atomic E-state index is 0. The van der Waals surface area contributed by atoms with Gasteiger partial charge in [0.1, 0.15) is 0 Å². The van der Waals surface area contributed by atoms with Crippen LogP contribution < -0.4 is 0 Å². The van der Waals surface area contributed by atoms with Crippen LogP contribution in [0.15, 0.2) is 60.7 Å². The Morgan fingerprint density at radius 3 is 2.04 bits per heavy atom. The number of benzene rings is 2. The molecule has 0 aromatic heterocycles. The zero-order valence-corrected chi connectivity index (χ0v) is 16.1. The van der Waals surface area contributed by atoms with Crippen LogP contribution in [0.3, 0.4) is 0 Å². The summed E-state index contributed by atoms with van der Waals surface area (Å²) in [7, 11) is 0. The highest BCUT2D eigenvalue weighted by atomic mass is 35.5. The highest BCUT2D eigenvalue weighted by Gasteiger charge is 2.29. The van der Waals surface area contributed by atoms with Gasteiger partial charge >= 0.3 is 0 Å². The third kappa shape index (κ3) is 5.22. The Kier molecular flexibility index (Phi) is 8.79. The largest absolute Gasteiger partial charge is 0.298 e. The first kappa shape index (κ1) is 21.0. The van der Waals surface area contributed by atoms with Gasteiger partial charge < -0.3 is 0 Å². The molecule has 132 valence electrons. The van der Waals surface area contributed by atoms with Crippen molar-refractivity contribution < 1.29 is 0 Å². The van der Waals surface area contributed by atoms with Gasteiger partial charge in [-0.2, -0.15) is 0 Å². The average Bonchev–Trinajstić information content (AvgIpc) is 2.57. The van der Waals surface area contributed by atoms with Crippen molar-refractivity contribution in [2.45, 2.75) is 32.5 Å². The average molecular weight is 367 g/mol. The topological polar surface area (TPSA) is 6.48 Å². The summed E-state index contributed by atoms with van der Waals surface area (Å²) in [6.45, 7) is 9.05. The fourth-order valence-corrected chi connectivity index (χ4v) is 3.31. The second kappa shape index (κ2) is 10.0. The van der Waals surface area contributed by atoms with E-state index in [-0.39, 0.29) is 24.8 Å². The minimum Gasteiger partial charge on any atom is -0.298 e. The van der Waals surface area contributed by atoms with Gasteiger partial charge in [-0.05, 0) is 25.0 Å². The maximum Gasteiger partial charge on any atom is 0.0479 e. The van der Waals surface area contributed by atoms with Crippen molar-refractivity contribution in [3.8, 4) is 0 Å². The van der Waals surface area contributed by atoms with Crippen molar-refractivity contribution in [1.29, 1.82) is 0 Å². The van der Waals surface area contributed by atoms with Crippen LogP contribution in [0, 0.1) is 0 Å². The summed E-state index contributed by atoms with van der Waals surface area (Å²) in [5.74, 6) is 0. The highest BCUT2D eigenvalue weighted by Crippen LogP contribution is 2.27. The van der Waals surface area contributed by atoms with Gasteiger partial charge in [-0.25, -0.2) is 0 Å². The SMILES string of the molecule is CC(C)N1CCN(Cc2ccccc2)C(c2ccccc2)C1.Cl.Cl. The molecule has 1 aliphatic heterocycles. The molecule has 1 fully saturated rings. The van der Waals surface area contributed by atoms with Gasteiger partial charge in [0, 0.05) is 38.3 Å². The number of hydrogen-bond acceptors (Lipinski definition) is 2. The molecule has 1 heterocycles. The van der Waals surface area contributed by atoms with Crippen molar-refractivity contribution in [3.63, 3.8) is 0 Å². The van der Waals surface area contributed by atoms with E-state index in [2.05, 4.69) is 84.3 Å². The number of halogens is 2. The van der Waals surface area contributed by atoms with Crippen molar-refractivity contribution in [3.05, 3.63) is 71.8 Å². The van der Waals surface area contributed by atoms with E-state index in [1.807, 2.05) is 0 Å². The van der Waals surface area contributed by atoms with Crippen molar-refractivity contribution in [2.75, 3.05) is 19.6 Å². The zero-order valence-electron chi connectivity index (χ0n) is 14.5. The van der Waals surface area contributed by atoms with E-state index >= 15 is 0 Å². The molecule has 4 heteroatoms. The fourth-order valence-electron chi connectivity index (χ4n) is 3.31. The summed E-state index contributed by atoms with van der Waals surface area (Å²) >= 11 is 0. The molecule has 24 heavy (non-hydrogen) atoms. The molecule has 0 radical (unpaired) electrons. The summed E-state index contributed by atoms with van der Waals surface area (Å²) in [5.41, 5.74) is 2.84. The lowest BCUT2D eigenvalue weighted by Crippen LogP contribution is -2.50. The normalized spacial score (nSPS) is 18.7. The second-order valence-corrected chi connectivity index (χ2v) is 6.47. The Bertz CT molecular complexity index is 575. The van der Waals surface area contributed by atoms with Gasteiger partial charge in [0.2, 0.25) is 0 Å². The van der Waals surface area contributed by atoms with Crippen LogP contribution in [-0.4, -0.2) is 35.5 Å². The lowest BCUT2D eigenvalue weighted by molar-refractivity contribution is 0.0506. The van der Waals surface area contributed by atoms with Gasteiger partial charge in [-0.15, -0.1) is 24.8 Å². The predicted molar refractivity (Wildman–Crippen MR) is 107 cm³/mol. The number of piperazine rings is 1. The van der Waals surface area contributed by atoms with E-state index in [1.165, 1.54) is 11.1 Å². The number of rotatable bonds is 4. The van der Waals surface area contributed by atoms with Gasteiger partial charge in [0.15, 0.2) is 0 Å². The minimum absolute atomic E-state index is 0. The molecule has 1 atom stereocenters. The molecular weight excluding hydrogens is 339 g/mol. The van der Waals surface area contributed by atoms with Gasteiger partial charge in [-0.1, -0.05) is 60.7 Å². The van der Waals surface area contributed by atoms with E-state index in [0.29, 0.717) is 12.1 Å². The predicted octanol–water partition coefficient (Wildman–Crippen LogP) is 4.80. The molecule has 2 nitrogen and oxygen atoms in total. The maximum absolute atomic E-state index is 2.63. The van der Waals surface area contributed by atoms with E-state index < -0.39 is 0 Å². The van der Waals surface area contributed by atoms with Crippen LogP contribution in [0.5, 0.6) is 0 Å². The first-order valence-electron chi connectivity index (χ1n) is 8.31. The second-order valence-electron chi connectivity index (χ2n) is 6.47. The molecule has 1 unspecified atom stereocenters.